The predicted octanol–water partition coefficient (Wildman–Crippen LogP) is 6.00. The molecule has 1 aliphatic heterocycles. The quantitative estimate of drug-likeness (QED) is 0.322. The van der Waals surface area contributed by atoms with Crippen LogP contribution < -0.4 is 5.32 Å². The Bertz CT molecular complexity index is 1140. The molecule has 1 atom stereocenters. The number of carbonyl (C=O) groups is 1. The Morgan fingerprint density at radius 1 is 1.26 bits per heavy atom. The molecule has 1 N–H and O–H groups in total. The molecule has 1 fully saturated rings. The normalized spacial score (nSPS) is 16.4. The summed E-state index contributed by atoms with van der Waals surface area (Å²) in [6.45, 7) is 4.96. The van der Waals surface area contributed by atoms with Crippen molar-refractivity contribution >= 4 is 40.9 Å². The van der Waals surface area contributed by atoms with E-state index in [9.17, 15) is 4.79 Å². The van der Waals surface area contributed by atoms with E-state index >= 15 is 0 Å². The molecule has 186 valence electrons. The van der Waals surface area contributed by atoms with Gasteiger partial charge in [-0.3, -0.25) is 9.69 Å². The Kier molecular flexibility index (Phi) is 9.49. The molecule has 2 heterocycles. The highest BCUT2D eigenvalue weighted by atomic mass is 35.5. The summed E-state index contributed by atoms with van der Waals surface area (Å²) in [5.74, 6) is 3.11. The van der Waals surface area contributed by atoms with Crippen LogP contribution in [-0.4, -0.2) is 46.3 Å². The summed E-state index contributed by atoms with van der Waals surface area (Å²) < 4.78 is 5.45. The van der Waals surface area contributed by atoms with Crippen molar-refractivity contribution in [2.45, 2.75) is 38.5 Å². The minimum atomic E-state index is -0.0172. The number of rotatable bonds is 10. The topological polar surface area (TPSA) is 71.3 Å². The second kappa shape index (κ2) is 12.8. The van der Waals surface area contributed by atoms with Crippen LogP contribution in [0.2, 0.25) is 10.0 Å². The maximum Gasteiger partial charge on any atom is 0.241 e. The molecule has 3 aromatic rings. The molecule has 1 amide bonds. The van der Waals surface area contributed by atoms with Crippen LogP contribution in [0.25, 0.3) is 11.4 Å². The lowest BCUT2D eigenvalue weighted by atomic mass is 9.97. The number of carbonyl (C=O) groups excluding carboxylic acids is 1. The molecule has 2 aromatic carbocycles. The second-order valence-electron chi connectivity index (χ2n) is 8.83. The van der Waals surface area contributed by atoms with Crippen molar-refractivity contribution in [3.05, 3.63) is 69.5 Å². The van der Waals surface area contributed by atoms with Crippen LogP contribution >= 0.6 is 35.0 Å². The summed E-state index contributed by atoms with van der Waals surface area (Å²) in [4.78, 5) is 19.4. The van der Waals surface area contributed by atoms with Gasteiger partial charge in [-0.1, -0.05) is 52.6 Å². The third kappa shape index (κ3) is 7.46. The number of likely N-dealkylation sites (tertiary alicyclic amines) is 1. The third-order valence-electron chi connectivity index (χ3n) is 6.16. The van der Waals surface area contributed by atoms with Crippen LogP contribution in [0.15, 0.2) is 47.0 Å². The Labute approximate surface area is 220 Å². The van der Waals surface area contributed by atoms with Gasteiger partial charge in [0.05, 0.1) is 17.5 Å². The molecule has 1 aromatic heterocycles. The SMILES string of the molecule is Cc1ccccc1CSCCCNC(=O)C1CCCN(Cc2nc(-c3ccc(Cl)cc3Cl)no2)C1. The molecular formula is C26H30Cl2N4O2S. The van der Waals surface area contributed by atoms with Crippen LogP contribution in [-0.2, 0) is 17.1 Å². The van der Waals surface area contributed by atoms with Gasteiger partial charge in [0, 0.05) is 29.4 Å². The van der Waals surface area contributed by atoms with Gasteiger partial charge in [0.1, 0.15) is 0 Å². The van der Waals surface area contributed by atoms with Crippen LogP contribution in [0.1, 0.15) is 36.3 Å². The number of piperidine rings is 1. The lowest BCUT2D eigenvalue weighted by molar-refractivity contribution is -0.126. The monoisotopic (exact) mass is 532 g/mol. The van der Waals surface area contributed by atoms with Crippen LogP contribution in [0, 0.1) is 12.8 Å². The van der Waals surface area contributed by atoms with Crippen molar-refractivity contribution in [1.29, 1.82) is 0 Å². The summed E-state index contributed by atoms with van der Waals surface area (Å²) in [7, 11) is 0. The lowest BCUT2D eigenvalue weighted by Crippen LogP contribution is -2.43. The van der Waals surface area contributed by atoms with E-state index in [0.29, 0.717) is 47.0 Å². The third-order valence-corrected chi connectivity index (χ3v) is 7.80. The minimum Gasteiger partial charge on any atom is -0.356 e. The van der Waals surface area contributed by atoms with Crippen molar-refractivity contribution in [3.63, 3.8) is 0 Å². The van der Waals surface area contributed by atoms with E-state index in [1.165, 1.54) is 11.1 Å². The second-order valence-corrected chi connectivity index (χ2v) is 10.8. The fraction of sp³-hybridized carbons (Fsp3) is 0.423. The van der Waals surface area contributed by atoms with Gasteiger partial charge in [-0.2, -0.15) is 16.7 Å². The molecule has 6 nitrogen and oxygen atoms in total. The van der Waals surface area contributed by atoms with E-state index in [2.05, 4.69) is 51.5 Å². The number of hydrogen-bond acceptors (Lipinski definition) is 6. The highest BCUT2D eigenvalue weighted by Crippen LogP contribution is 2.29. The molecule has 0 radical (unpaired) electrons. The number of nitrogens with zero attached hydrogens (tertiary/aromatic N) is 3. The van der Waals surface area contributed by atoms with Crippen LogP contribution in [0.5, 0.6) is 0 Å². The molecule has 0 spiro atoms. The molecule has 4 rings (SSSR count). The maximum atomic E-state index is 12.7. The summed E-state index contributed by atoms with van der Waals surface area (Å²) >= 11 is 14.1. The predicted molar refractivity (Wildman–Crippen MR) is 143 cm³/mol. The average Bonchev–Trinajstić information content (AvgIpc) is 3.30. The van der Waals surface area contributed by atoms with E-state index in [0.717, 1.165) is 37.3 Å². The first-order valence-corrected chi connectivity index (χ1v) is 13.8. The number of hydrogen-bond donors (Lipinski definition) is 1. The highest BCUT2D eigenvalue weighted by molar-refractivity contribution is 7.98. The molecule has 1 unspecified atom stereocenters. The molecule has 0 bridgehead atoms. The summed E-state index contributed by atoms with van der Waals surface area (Å²) in [5.41, 5.74) is 3.40. The lowest BCUT2D eigenvalue weighted by Gasteiger charge is -2.30. The van der Waals surface area contributed by atoms with Crippen molar-refractivity contribution in [1.82, 2.24) is 20.4 Å². The zero-order valence-corrected chi connectivity index (χ0v) is 22.1. The zero-order valence-electron chi connectivity index (χ0n) is 19.8. The van der Waals surface area contributed by atoms with Gasteiger partial charge in [0.2, 0.25) is 17.6 Å². The van der Waals surface area contributed by atoms with E-state index in [-0.39, 0.29) is 11.8 Å². The van der Waals surface area contributed by atoms with Crippen molar-refractivity contribution in [2.75, 3.05) is 25.4 Å². The molecule has 1 aliphatic rings. The Morgan fingerprint density at radius 2 is 2.11 bits per heavy atom. The van der Waals surface area contributed by atoms with Gasteiger partial charge >= 0.3 is 0 Å². The standard InChI is InChI=1S/C26H30Cl2N4O2S/c1-18-6-2-3-7-20(18)17-35-13-5-11-29-26(33)19-8-4-12-32(15-19)16-24-30-25(31-34-24)22-10-9-21(27)14-23(22)28/h2-3,6-7,9-10,14,19H,4-5,8,11-13,15-17H2,1H3,(H,29,33). The summed E-state index contributed by atoms with van der Waals surface area (Å²) in [5, 5.41) is 8.23. The smallest absolute Gasteiger partial charge is 0.241 e. The number of nitrogens with one attached hydrogen (secondary N) is 1. The molecule has 9 heteroatoms. The summed E-state index contributed by atoms with van der Waals surface area (Å²) in [6, 6.07) is 13.7. The molecule has 0 aliphatic carbocycles. The molecule has 1 saturated heterocycles. The van der Waals surface area contributed by atoms with Gasteiger partial charge in [-0.15, -0.1) is 0 Å². The Balaban J connectivity index is 1.18. The maximum absolute atomic E-state index is 12.7. The number of amides is 1. The van der Waals surface area contributed by atoms with Crippen molar-refractivity contribution in [2.24, 2.45) is 5.92 Å². The number of aromatic nitrogens is 2. The summed E-state index contributed by atoms with van der Waals surface area (Å²) in [6.07, 6.45) is 2.84. The van der Waals surface area contributed by atoms with E-state index < -0.39 is 0 Å². The fourth-order valence-electron chi connectivity index (χ4n) is 4.19. The van der Waals surface area contributed by atoms with Crippen LogP contribution in [0.4, 0.5) is 0 Å². The van der Waals surface area contributed by atoms with Crippen LogP contribution in [0.3, 0.4) is 0 Å². The zero-order chi connectivity index (χ0) is 24.6. The largest absolute Gasteiger partial charge is 0.356 e. The van der Waals surface area contributed by atoms with E-state index in [1.807, 2.05) is 11.8 Å². The molecule has 35 heavy (non-hydrogen) atoms. The number of benzene rings is 2. The Morgan fingerprint density at radius 3 is 2.94 bits per heavy atom. The van der Waals surface area contributed by atoms with Crippen molar-refractivity contribution < 1.29 is 9.32 Å². The highest BCUT2D eigenvalue weighted by Gasteiger charge is 2.26. The van der Waals surface area contributed by atoms with E-state index in [4.69, 9.17) is 27.7 Å². The van der Waals surface area contributed by atoms with Crippen molar-refractivity contribution in [3.8, 4) is 11.4 Å². The van der Waals surface area contributed by atoms with Gasteiger partial charge in [-0.25, -0.2) is 0 Å². The number of aryl methyl sites for hydroxylation is 1. The Hall–Kier alpha value is -2.06. The molecular weight excluding hydrogens is 503 g/mol. The minimum absolute atomic E-state index is 0.0172. The fourth-order valence-corrected chi connectivity index (χ4v) is 5.72. The first-order chi connectivity index (χ1) is 17.0. The molecule has 0 saturated carbocycles. The number of halogens is 2. The number of thioether (sulfide) groups is 1. The van der Waals surface area contributed by atoms with Gasteiger partial charge in [0.15, 0.2) is 0 Å². The van der Waals surface area contributed by atoms with Gasteiger partial charge in [0.25, 0.3) is 0 Å². The average molecular weight is 534 g/mol. The first-order valence-electron chi connectivity index (χ1n) is 11.9. The van der Waals surface area contributed by atoms with Gasteiger partial charge < -0.3 is 9.84 Å². The van der Waals surface area contributed by atoms with Gasteiger partial charge in [-0.05, 0) is 67.8 Å². The first kappa shape index (κ1) is 26.0. The van der Waals surface area contributed by atoms with E-state index in [1.54, 1.807) is 18.2 Å².